The van der Waals surface area contributed by atoms with Crippen LogP contribution in [0.2, 0.25) is 5.02 Å². The van der Waals surface area contributed by atoms with Crippen LogP contribution in [0.5, 0.6) is 11.5 Å². The first-order valence-corrected chi connectivity index (χ1v) is 13.8. The summed E-state index contributed by atoms with van der Waals surface area (Å²) in [5.74, 6) is 1.14. The zero-order valence-electron chi connectivity index (χ0n) is 21.5. The zero-order valence-corrected chi connectivity index (χ0v) is 22.3. The number of para-hydroxylation sites is 1. The average molecular weight is 547 g/mol. The topological polar surface area (TPSA) is 89.1 Å². The molecule has 0 bridgehead atoms. The number of aromatic nitrogens is 5. The molecule has 2 aromatic heterocycles. The Morgan fingerprint density at radius 1 is 1.05 bits per heavy atom. The van der Waals surface area contributed by atoms with Crippen LogP contribution < -0.4 is 9.47 Å². The van der Waals surface area contributed by atoms with E-state index in [2.05, 4.69) is 37.7 Å². The monoisotopic (exact) mass is 546 g/mol. The Bertz CT molecular complexity index is 1520. The summed E-state index contributed by atoms with van der Waals surface area (Å²) in [5.41, 5.74) is 4.79. The number of halogens is 2. The van der Waals surface area contributed by atoms with Gasteiger partial charge in [-0.1, -0.05) is 23.7 Å². The number of aromatic amines is 1. The second-order valence-corrected chi connectivity index (χ2v) is 11.2. The molecule has 1 saturated heterocycles. The van der Waals surface area contributed by atoms with Crippen molar-refractivity contribution >= 4 is 11.6 Å². The van der Waals surface area contributed by atoms with Crippen molar-refractivity contribution in [1.29, 1.82) is 0 Å². The van der Waals surface area contributed by atoms with Crippen LogP contribution in [0.3, 0.4) is 0 Å². The van der Waals surface area contributed by atoms with Crippen LogP contribution in [0.15, 0.2) is 48.7 Å². The summed E-state index contributed by atoms with van der Waals surface area (Å²) < 4.78 is 27.3. The average Bonchev–Trinajstić information content (AvgIpc) is 3.50. The van der Waals surface area contributed by atoms with Gasteiger partial charge in [-0.05, 0) is 91.7 Å². The number of hydrogen-bond donors (Lipinski definition) is 1. The largest absolute Gasteiger partial charge is 0.444 e. The predicted molar refractivity (Wildman–Crippen MR) is 143 cm³/mol. The maximum Gasteiger partial charge on any atom is 0.278 e. The van der Waals surface area contributed by atoms with Gasteiger partial charge in [-0.2, -0.15) is 5.21 Å². The zero-order chi connectivity index (χ0) is 26.6. The van der Waals surface area contributed by atoms with Gasteiger partial charge in [0, 0.05) is 35.8 Å². The van der Waals surface area contributed by atoms with Crippen LogP contribution in [0, 0.1) is 5.82 Å². The number of benzene rings is 2. The van der Waals surface area contributed by atoms with Crippen molar-refractivity contribution in [3.63, 3.8) is 0 Å². The molecule has 4 heterocycles. The molecule has 200 valence electrons. The minimum atomic E-state index is -1.24. The van der Waals surface area contributed by atoms with Crippen molar-refractivity contribution in [3.05, 3.63) is 81.9 Å². The normalized spacial score (nSPS) is 21.4. The van der Waals surface area contributed by atoms with Gasteiger partial charge in [0.2, 0.25) is 5.82 Å². The Morgan fingerprint density at radius 3 is 2.62 bits per heavy atom. The van der Waals surface area contributed by atoms with Gasteiger partial charge in [-0.25, -0.2) is 4.39 Å². The third kappa shape index (κ3) is 4.63. The number of nitrogens with one attached hydrogen (secondary N) is 1. The van der Waals surface area contributed by atoms with Gasteiger partial charge >= 0.3 is 0 Å². The highest BCUT2D eigenvalue weighted by Crippen LogP contribution is 2.50. The van der Waals surface area contributed by atoms with Gasteiger partial charge in [0.25, 0.3) is 5.79 Å². The third-order valence-electron chi connectivity index (χ3n) is 8.06. The van der Waals surface area contributed by atoms with E-state index in [-0.39, 0.29) is 0 Å². The van der Waals surface area contributed by atoms with E-state index in [1.165, 1.54) is 24.5 Å². The van der Waals surface area contributed by atoms with E-state index in [0.717, 1.165) is 49.3 Å². The summed E-state index contributed by atoms with van der Waals surface area (Å²) in [7, 11) is 0. The number of nitrogens with zero attached hydrogens (tertiary/aromatic N) is 5. The van der Waals surface area contributed by atoms with E-state index in [4.69, 9.17) is 26.1 Å². The summed E-state index contributed by atoms with van der Waals surface area (Å²) >= 11 is 5.96. The van der Waals surface area contributed by atoms with E-state index in [9.17, 15) is 4.39 Å². The Kier molecular flexibility index (Phi) is 6.01. The number of fused-ring (bicyclic) bond motifs is 1. The number of likely N-dealkylation sites (tertiary alicyclic amines) is 1. The van der Waals surface area contributed by atoms with E-state index < -0.39 is 11.6 Å². The van der Waals surface area contributed by atoms with Crippen molar-refractivity contribution < 1.29 is 13.9 Å². The number of piperidine rings is 1. The van der Waals surface area contributed by atoms with Crippen LogP contribution in [0.25, 0.3) is 11.4 Å². The lowest BCUT2D eigenvalue weighted by Crippen LogP contribution is -2.34. The fraction of sp³-hybridized carbons (Fsp3) is 0.379. The molecule has 39 heavy (non-hydrogen) atoms. The van der Waals surface area contributed by atoms with Gasteiger partial charge in [-0.3, -0.25) is 9.88 Å². The molecule has 1 N–H and O–H groups in total. The van der Waals surface area contributed by atoms with Gasteiger partial charge < -0.3 is 9.47 Å². The summed E-state index contributed by atoms with van der Waals surface area (Å²) in [6.07, 6.45) is 6.24. The second kappa shape index (κ2) is 9.57. The molecule has 1 aliphatic carbocycles. The standard InChI is InChI=1S/C29H28ClFN6O2/c1-29(23-8-7-20(30)14-24(23)31)38-26-4-2-3-21(27(26)39-29)18-9-11-37(12-10-18)16-25-22(17-5-6-17)13-19(15-32-25)28-33-35-36-34-28/h2-4,7-8,13-15,17-18H,5-6,9-12,16H2,1H3,(H,33,34,35,36)/t29-/m0/s1. The van der Waals surface area contributed by atoms with E-state index in [0.29, 0.717) is 39.7 Å². The van der Waals surface area contributed by atoms with E-state index >= 15 is 0 Å². The molecule has 1 atom stereocenters. The first kappa shape index (κ1) is 24.5. The maximum absolute atomic E-state index is 14.8. The second-order valence-electron chi connectivity index (χ2n) is 10.8. The number of ether oxygens (including phenoxy) is 2. The molecule has 1 saturated carbocycles. The molecule has 10 heteroatoms. The molecule has 0 unspecified atom stereocenters. The summed E-state index contributed by atoms with van der Waals surface area (Å²) in [4.78, 5) is 7.31. The highest BCUT2D eigenvalue weighted by molar-refractivity contribution is 6.30. The van der Waals surface area contributed by atoms with E-state index in [1.807, 2.05) is 18.3 Å². The number of H-pyrrole nitrogens is 1. The first-order chi connectivity index (χ1) is 19.0. The number of hydrogen-bond acceptors (Lipinski definition) is 7. The number of pyridine rings is 1. The Hall–Kier alpha value is -3.56. The maximum atomic E-state index is 14.8. The minimum Gasteiger partial charge on any atom is -0.444 e. The first-order valence-electron chi connectivity index (χ1n) is 13.4. The lowest BCUT2D eigenvalue weighted by atomic mass is 9.88. The Labute approximate surface area is 230 Å². The molecule has 4 aromatic rings. The lowest BCUT2D eigenvalue weighted by Gasteiger charge is -2.33. The van der Waals surface area contributed by atoms with Crippen molar-refractivity contribution in [2.45, 2.75) is 56.8 Å². The van der Waals surface area contributed by atoms with Crippen LogP contribution in [-0.4, -0.2) is 43.6 Å². The minimum absolute atomic E-state index is 0.327. The highest BCUT2D eigenvalue weighted by atomic mass is 35.5. The van der Waals surface area contributed by atoms with Crippen molar-refractivity contribution in [1.82, 2.24) is 30.5 Å². The van der Waals surface area contributed by atoms with Gasteiger partial charge in [0.15, 0.2) is 11.5 Å². The molecule has 0 amide bonds. The molecule has 3 aliphatic rings. The molecule has 0 radical (unpaired) electrons. The molecule has 2 aliphatic heterocycles. The van der Waals surface area contributed by atoms with Crippen LogP contribution in [0.1, 0.15) is 66.8 Å². The van der Waals surface area contributed by atoms with Gasteiger partial charge in [-0.15, -0.1) is 10.2 Å². The Morgan fingerprint density at radius 2 is 1.87 bits per heavy atom. The van der Waals surface area contributed by atoms with Crippen molar-refractivity contribution in [2.24, 2.45) is 0 Å². The highest BCUT2D eigenvalue weighted by Gasteiger charge is 2.43. The molecular weight excluding hydrogens is 519 g/mol. The van der Waals surface area contributed by atoms with Crippen molar-refractivity contribution in [3.8, 4) is 22.9 Å². The number of tetrazole rings is 1. The summed E-state index contributed by atoms with van der Waals surface area (Å²) in [5, 5.41) is 14.8. The Balaban J connectivity index is 1.05. The molecule has 8 nitrogen and oxygen atoms in total. The SMILES string of the molecule is C[C@]1(c2ccc(Cl)cc2F)Oc2cccc(C3CCN(Cc4ncc(-c5nn[nH]n5)cc4C4CC4)CC3)c2O1. The fourth-order valence-electron chi connectivity index (χ4n) is 5.85. The lowest BCUT2D eigenvalue weighted by molar-refractivity contribution is -0.0712. The smallest absolute Gasteiger partial charge is 0.278 e. The van der Waals surface area contributed by atoms with Crippen LogP contribution in [0.4, 0.5) is 4.39 Å². The van der Waals surface area contributed by atoms with Gasteiger partial charge in [0.05, 0.1) is 11.3 Å². The molecule has 0 spiro atoms. The summed E-state index contributed by atoms with van der Waals surface area (Å²) in [6, 6.07) is 12.7. The molecule has 2 fully saturated rings. The number of rotatable bonds is 6. The molecular formula is C29H28ClFN6O2. The fourth-order valence-corrected chi connectivity index (χ4v) is 6.01. The quantitative estimate of drug-likeness (QED) is 0.319. The predicted octanol–water partition coefficient (Wildman–Crippen LogP) is 5.96. The molecule has 7 rings (SSSR count). The summed E-state index contributed by atoms with van der Waals surface area (Å²) in [6.45, 7) is 4.49. The third-order valence-corrected chi connectivity index (χ3v) is 8.29. The van der Waals surface area contributed by atoms with Crippen molar-refractivity contribution in [2.75, 3.05) is 13.1 Å². The van der Waals surface area contributed by atoms with E-state index in [1.54, 1.807) is 19.1 Å². The van der Waals surface area contributed by atoms with Gasteiger partial charge in [0.1, 0.15) is 5.82 Å². The van der Waals surface area contributed by atoms with Crippen LogP contribution >= 0.6 is 11.6 Å². The van der Waals surface area contributed by atoms with Crippen LogP contribution in [-0.2, 0) is 12.3 Å². The molecule has 2 aromatic carbocycles.